The van der Waals surface area contributed by atoms with Crippen molar-refractivity contribution in [3.8, 4) is 0 Å². The van der Waals surface area contributed by atoms with Crippen LogP contribution in [0.25, 0.3) is 0 Å². The summed E-state index contributed by atoms with van der Waals surface area (Å²) in [5.41, 5.74) is 4.75. The molecule has 2 aromatic carbocycles. The molecule has 0 bridgehead atoms. The second-order valence-corrected chi connectivity index (χ2v) is 7.67. The Morgan fingerprint density at radius 2 is 1.96 bits per heavy atom. The number of para-hydroxylation sites is 1. The number of rotatable bonds is 4. The van der Waals surface area contributed by atoms with Crippen molar-refractivity contribution in [3.63, 3.8) is 0 Å². The van der Waals surface area contributed by atoms with Gasteiger partial charge in [0.15, 0.2) is 0 Å². The summed E-state index contributed by atoms with van der Waals surface area (Å²) < 4.78 is 0. The number of nitrogens with one attached hydrogen (secondary N) is 2. The molecule has 2 aromatic rings. The fourth-order valence-electron chi connectivity index (χ4n) is 4.01. The third-order valence-corrected chi connectivity index (χ3v) is 5.72. The van der Waals surface area contributed by atoms with E-state index in [9.17, 15) is 9.59 Å². The number of anilines is 2. The summed E-state index contributed by atoms with van der Waals surface area (Å²) in [6.45, 7) is 4.10. The smallest absolute Gasteiger partial charge is 0.247 e. The van der Waals surface area contributed by atoms with E-state index < -0.39 is 0 Å². The Morgan fingerprint density at radius 3 is 2.68 bits per heavy atom. The van der Waals surface area contributed by atoms with Gasteiger partial charge in [-0.05, 0) is 36.9 Å². The normalized spacial score (nSPS) is 24.9. The van der Waals surface area contributed by atoms with Crippen LogP contribution in [0.2, 0.25) is 5.02 Å². The topological polar surface area (TPSA) is 64.7 Å². The molecule has 28 heavy (non-hydrogen) atoms. The van der Waals surface area contributed by atoms with Crippen molar-refractivity contribution in [1.82, 2.24) is 10.3 Å². The van der Waals surface area contributed by atoms with E-state index in [2.05, 4.69) is 15.6 Å². The standard InChI is InChI=1S/C21H23ClN4O2/c1-2-25-12-17(20(27)23-15-8-6-7-14(22)11-15)19-18(13-25)21(28)26(24-19)16-9-4-3-5-10-16/h3-11,17-19,24H,2,12-13H2,1H3,(H,23,27). The predicted octanol–water partition coefficient (Wildman–Crippen LogP) is 2.77. The molecule has 146 valence electrons. The number of carbonyl (C=O) groups excluding carboxylic acids is 2. The van der Waals surface area contributed by atoms with Gasteiger partial charge in [0.1, 0.15) is 0 Å². The van der Waals surface area contributed by atoms with Gasteiger partial charge in [0.2, 0.25) is 11.8 Å². The van der Waals surface area contributed by atoms with E-state index in [1.54, 1.807) is 23.2 Å². The first-order chi connectivity index (χ1) is 13.6. The van der Waals surface area contributed by atoms with Crippen LogP contribution in [0.1, 0.15) is 6.92 Å². The molecule has 3 atom stereocenters. The number of hydrogen-bond donors (Lipinski definition) is 2. The summed E-state index contributed by atoms with van der Waals surface area (Å²) in [7, 11) is 0. The molecule has 2 aliphatic heterocycles. The van der Waals surface area contributed by atoms with Gasteiger partial charge in [-0.1, -0.05) is 42.8 Å². The Kier molecular flexibility index (Phi) is 5.35. The zero-order chi connectivity index (χ0) is 19.7. The molecule has 0 aliphatic carbocycles. The van der Waals surface area contributed by atoms with E-state index >= 15 is 0 Å². The molecule has 3 unspecified atom stereocenters. The molecule has 0 saturated carbocycles. The van der Waals surface area contributed by atoms with Gasteiger partial charge in [-0.25, -0.2) is 10.4 Å². The number of amides is 2. The van der Waals surface area contributed by atoms with Crippen LogP contribution in [0.3, 0.4) is 0 Å². The van der Waals surface area contributed by atoms with Gasteiger partial charge in [0.25, 0.3) is 0 Å². The van der Waals surface area contributed by atoms with E-state index in [0.29, 0.717) is 23.8 Å². The van der Waals surface area contributed by atoms with Gasteiger partial charge in [0, 0.05) is 23.8 Å². The monoisotopic (exact) mass is 398 g/mol. The summed E-state index contributed by atoms with van der Waals surface area (Å²) in [6, 6.07) is 16.3. The minimum absolute atomic E-state index is 0.00917. The molecule has 0 aromatic heterocycles. The largest absolute Gasteiger partial charge is 0.326 e. The van der Waals surface area contributed by atoms with Gasteiger partial charge in [-0.3, -0.25) is 9.59 Å². The van der Waals surface area contributed by atoms with E-state index in [4.69, 9.17) is 11.6 Å². The van der Waals surface area contributed by atoms with Crippen molar-refractivity contribution in [2.24, 2.45) is 11.8 Å². The minimum atomic E-state index is -0.352. The molecule has 0 radical (unpaired) electrons. The molecule has 2 saturated heterocycles. The number of fused-ring (bicyclic) bond motifs is 1. The van der Waals surface area contributed by atoms with Crippen LogP contribution in [0.5, 0.6) is 0 Å². The van der Waals surface area contributed by atoms with Crippen molar-refractivity contribution < 1.29 is 9.59 Å². The summed E-state index contributed by atoms with van der Waals surface area (Å²) in [6.07, 6.45) is 0. The van der Waals surface area contributed by atoms with Gasteiger partial charge < -0.3 is 10.2 Å². The Labute approximate surface area is 169 Å². The number of benzene rings is 2. The highest BCUT2D eigenvalue weighted by molar-refractivity contribution is 6.30. The molecule has 2 aliphatic rings. The Hall–Kier alpha value is -2.41. The number of likely N-dealkylation sites (tertiary alicyclic amines) is 1. The van der Waals surface area contributed by atoms with E-state index in [0.717, 1.165) is 12.2 Å². The van der Waals surface area contributed by atoms with Crippen LogP contribution < -0.4 is 15.8 Å². The van der Waals surface area contributed by atoms with Gasteiger partial charge in [0.05, 0.1) is 23.6 Å². The average molecular weight is 399 g/mol. The van der Waals surface area contributed by atoms with Crippen LogP contribution in [-0.4, -0.2) is 42.4 Å². The van der Waals surface area contributed by atoms with Gasteiger partial charge in [-0.2, -0.15) is 0 Å². The molecule has 2 N–H and O–H groups in total. The summed E-state index contributed by atoms with van der Waals surface area (Å²) in [5, 5.41) is 5.12. The first-order valence-corrected chi connectivity index (χ1v) is 9.88. The van der Waals surface area contributed by atoms with E-state index in [-0.39, 0.29) is 29.7 Å². The van der Waals surface area contributed by atoms with E-state index in [1.807, 2.05) is 43.3 Å². The highest BCUT2D eigenvalue weighted by Crippen LogP contribution is 2.32. The summed E-state index contributed by atoms with van der Waals surface area (Å²) >= 11 is 6.03. The van der Waals surface area contributed by atoms with Crippen molar-refractivity contribution >= 4 is 34.8 Å². The van der Waals surface area contributed by atoms with Crippen molar-refractivity contribution in [1.29, 1.82) is 0 Å². The molecule has 4 rings (SSSR count). The van der Waals surface area contributed by atoms with Crippen LogP contribution in [0, 0.1) is 11.8 Å². The SMILES string of the molecule is CCN1CC(C(=O)Nc2cccc(Cl)c2)C2NN(c3ccccc3)C(=O)C2C1. The molecular weight excluding hydrogens is 376 g/mol. The molecule has 2 amide bonds. The summed E-state index contributed by atoms with van der Waals surface area (Å²) in [4.78, 5) is 28.3. The zero-order valence-electron chi connectivity index (χ0n) is 15.6. The average Bonchev–Trinajstić information content (AvgIpc) is 3.04. The van der Waals surface area contributed by atoms with Crippen molar-refractivity contribution in [2.45, 2.75) is 13.0 Å². The van der Waals surface area contributed by atoms with Crippen molar-refractivity contribution in [2.75, 3.05) is 30.0 Å². The molecule has 2 fully saturated rings. The number of hydrazine groups is 1. The maximum atomic E-state index is 13.1. The number of nitrogens with zero attached hydrogens (tertiary/aromatic N) is 2. The zero-order valence-corrected chi connectivity index (χ0v) is 16.4. The van der Waals surface area contributed by atoms with Gasteiger partial charge >= 0.3 is 0 Å². The van der Waals surface area contributed by atoms with Crippen LogP contribution in [-0.2, 0) is 9.59 Å². The Balaban J connectivity index is 1.58. The number of piperidine rings is 1. The molecule has 0 spiro atoms. The van der Waals surface area contributed by atoms with E-state index in [1.165, 1.54) is 0 Å². The lowest BCUT2D eigenvalue weighted by atomic mass is 9.84. The first kappa shape index (κ1) is 18.9. The van der Waals surface area contributed by atoms with Crippen LogP contribution in [0.15, 0.2) is 54.6 Å². The number of halogens is 1. The third-order valence-electron chi connectivity index (χ3n) is 5.48. The Bertz CT molecular complexity index is 876. The second kappa shape index (κ2) is 7.91. The predicted molar refractivity (Wildman–Crippen MR) is 110 cm³/mol. The Morgan fingerprint density at radius 1 is 1.18 bits per heavy atom. The minimum Gasteiger partial charge on any atom is -0.326 e. The molecule has 6 nitrogen and oxygen atoms in total. The number of carbonyl (C=O) groups is 2. The quantitative estimate of drug-likeness (QED) is 0.831. The maximum absolute atomic E-state index is 13.1. The molecule has 2 heterocycles. The first-order valence-electron chi connectivity index (χ1n) is 9.51. The lowest BCUT2D eigenvalue weighted by Crippen LogP contribution is -2.55. The van der Waals surface area contributed by atoms with Crippen LogP contribution >= 0.6 is 11.6 Å². The maximum Gasteiger partial charge on any atom is 0.247 e. The second-order valence-electron chi connectivity index (χ2n) is 7.23. The fraction of sp³-hybridized carbons (Fsp3) is 0.333. The van der Waals surface area contributed by atoms with Crippen LogP contribution in [0.4, 0.5) is 11.4 Å². The lowest BCUT2D eigenvalue weighted by Gasteiger charge is -2.37. The highest BCUT2D eigenvalue weighted by Gasteiger charge is 2.50. The highest BCUT2D eigenvalue weighted by atomic mass is 35.5. The molecule has 7 heteroatoms. The fourth-order valence-corrected chi connectivity index (χ4v) is 4.20. The van der Waals surface area contributed by atoms with Gasteiger partial charge in [-0.15, -0.1) is 0 Å². The summed E-state index contributed by atoms with van der Waals surface area (Å²) in [5.74, 6) is -0.708. The molecular formula is C21H23ClN4O2. The number of hydrogen-bond acceptors (Lipinski definition) is 4. The van der Waals surface area contributed by atoms with Crippen molar-refractivity contribution in [3.05, 3.63) is 59.6 Å². The third kappa shape index (κ3) is 3.63. The lowest BCUT2D eigenvalue weighted by molar-refractivity contribution is -0.126.